The van der Waals surface area contributed by atoms with Crippen molar-refractivity contribution in [1.29, 1.82) is 0 Å². The second-order valence-electron chi connectivity index (χ2n) is 6.70. The summed E-state index contributed by atoms with van der Waals surface area (Å²) in [4.78, 5) is 24.3. The van der Waals surface area contributed by atoms with Gasteiger partial charge in [0.25, 0.3) is 15.9 Å². The van der Waals surface area contributed by atoms with Crippen LogP contribution in [0.4, 0.5) is 5.69 Å². The number of nitrogens with one attached hydrogen (secondary N) is 3. The van der Waals surface area contributed by atoms with Crippen LogP contribution in [-0.4, -0.2) is 32.8 Å². The van der Waals surface area contributed by atoms with E-state index in [1.54, 1.807) is 29.6 Å². The van der Waals surface area contributed by atoms with Gasteiger partial charge in [0.1, 0.15) is 4.21 Å². The quantitative estimate of drug-likeness (QED) is 0.639. The van der Waals surface area contributed by atoms with E-state index < -0.39 is 15.9 Å². The zero-order valence-corrected chi connectivity index (χ0v) is 16.9. The first-order valence-corrected chi connectivity index (χ1v) is 11.5. The average molecular weight is 422 g/mol. The summed E-state index contributed by atoms with van der Waals surface area (Å²) in [6.45, 7) is -0.111. The van der Waals surface area contributed by atoms with Crippen LogP contribution in [0.1, 0.15) is 42.5 Å². The van der Waals surface area contributed by atoms with Crippen molar-refractivity contribution in [3.8, 4) is 0 Å². The average Bonchev–Trinajstić information content (AvgIpc) is 3.23. The van der Waals surface area contributed by atoms with Crippen molar-refractivity contribution < 1.29 is 18.0 Å². The fraction of sp³-hybridized carbons (Fsp3) is 0.368. The molecule has 150 valence electrons. The molecule has 0 saturated heterocycles. The number of thiophene rings is 1. The smallest absolute Gasteiger partial charge is 0.271 e. The largest absolute Gasteiger partial charge is 0.352 e. The van der Waals surface area contributed by atoms with Gasteiger partial charge in [-0.1, -0.05) is 31.4 Å². The van der Waals surface area contributed by atoms with Crippen molar-refractivity contribution in [3.63, 3.8) is 0 Å². The molecule has 3 N–H and O–H groups in total. The molecule has 1 aromatic carbocycles. The van der Waals surface area contributed by atoms with Crippen molar-refractivity contribution in [1.82, 2.24) is 10.6 Å². The maximum absolute atomic E-state index is 12.3. The monoisotopic (exact) mass is 421 g/mol. The zero-order chi connectivity index (χ0) is 20.0. The molecule has 1 fully saturated rings. The Labute approximate surface area is 168 Å². The van der Waals surface area contributed by atoms with Crippen LogP contribution >= 0.6 is 11.3 Å². The molecule has 2 aromatic rings. The molecule has 0 spiro atoms. The van der Waals surface area contributed by atoms with Crippen LogP contribution < -0.4 is 15.4 Å². The molecule has 1 aliphatic carbocycles. The van der Waals surface area contributed by atoms with E-state index in [0.717, 1.165) is 37.0 Å². The predicted molar refractivity (Wildman–Crippen MR) is 109 cm³/mol. The lowest BCUT2D eigenvalue weighted by Crippen LogP contribution is -2.42. The number of amides is 2. The maximum Gasteiger partial charge on any atom is 0.271 e. The first kappa shape index (κ1) is 20.3. The van der Waals surface area contributed by atoms with Gasteiger partial charge in [-0.15, -0.1) is 11.3 Å². The number of sulfonamides is 1. The Kier molecular flexibility index (Phi) is 6.69. The molecule has 0 atom stereocenters. The molecule has 0 aliphatic heterocycles. The lowest BCUT2D eigenvalue weighted by atomic mass is 9.95. The molecular weight excluding hydrogens is 398 g/mol. The molecule has 1 saturated carbocycles. The molecule has 2 amide bonds. The van der Waals surface area contributed by atoms with E-state index in [9.17, 15) is 18.0 Å². The summed E-state index contributed by atoms with van der Waals surface area (Å²) in [5.41, 5.74) is 0.560. The summed E-state index contributed by atoms with van der Waals surface area (Å²) >= 11 is 1.11. The van der Waals surface area contributed by atoms with Crippen LogP contribution in [0.2, 0.25) is 0 Å². The van der Waals surface area contributed by atoms with Crippen molar-refractivity contribution >= 4 is 38.9 Å². The van der Waals surface area contributed by atoms with Crippen molar-refractivity contribution in [2.75, 3.05) is 11.3 Å². The van der Waals surface area contributed by atoms with Gasteiger partial charge in [-0.05, 0) is 42.5 Å². The van der Waals surface area contributed by atoms with Gasteiger partial charge in [-0.25, -0.2) is 8.42 Å². The number of carbonyl (C=O) groups is 2. The van der Waals surface area contributed by atoms with E-state index in [1.807, 2.05) is 0 Å². The topological polar surface area (TPSA) is 104 Å². The minimum atomic E-state index is -3.68. The Morgan fingerprint density at radius 1 is 1.07 bits per heavy atom. The highest BCUT2D eigenvalue weighted by Gasteiger charge is 2.18. The van der Waals surface area contributed by atoms with Gasteiger partial charge in [0.15, 0.2) is 0 Å². The molecule has 7 nitrogen and oxygen atoms in total. The Bertz CT molecular complexity index is 920. The minimum Gasteiger partial charge on any atom is -0.352 e. The third-order valence-corrected chi connectivity index (χ3v) is 7.30. The number of hydrogen-bond donors (Lipinski definition) is 3. The number of benzene rings is 1. The fourth-order valence-electron chi connectivity index (χ4n) is 3.13. The van der Waals surface area contributed by atoms with E-state index in [2.05, 4.69) is 15.4 Å². The van der Waals surface area contributed by atoms with Gasteiger partial charge in [0.2, 0.25) is 5.91 Å². The third-order valence-electron chi connectivity index (χ3n) is 4.52. The highest BCUT2D eigenvalue weighted by molar-refractivity contribution is 7.94. The summed E-state index contributed by atoms with van der Waals surface area (Å²) in [6, 6.07) is 9.52. The summed E-state index contributed by atoms with van der Waals surface area (Å²) < 4.78 is 27.2. The highest BCUT2D eigenvalue weighted by atomic mass is 32.2. The van der Waals surface area contributed by atoms with E-state index in [-0.39, 0.29) is 34.0 Å². The normalized spacial score (nSPS) is 15.0. The van der Waals surface area contributed by atoms with Gasteiger partial charge in [0, 0.05) is 17.3 Å². The van der Waals surface area contributed by atoms with Crippen molar-refractivity contribution in [2.24, 2.45) is 0 Å². The Morgan fingerprint density at radius 3 is 2.57 bits per heavy atom. The van der Waals surface area contributed by atoms with Crippen molar-refractivity contribution in [2.45, 2.75) is 42.4 Å². The fourth-order valence-corrected chi connectivity index (χ4v) is 5.18. The van der Waals surface area contributed by atoms with E-state index in [0.29, 0.717) is 0 Å². The SMILES string of the molecule is O=C(CNC(=O)c1cccc(NS(=O)(=O)c2cccs2)c1)NC1CCCCC1. The third kappa shape index (κ3) is 5.56. The van der Waals surface area contributed by atoms with Crippen LogP contribution in [0.5, 0.6) is 0 Å². The predicted octanol–water partition coefficient (Wildman–Crippen LogP) is 2.73. The molecule has 0 radical (unpaired) electrons. The summed E-state index contributed by atoms with van der Waals surface area (Å²) in [5, 5.41) is 7.20. The van der Waals surface area contributed by atoms with Crippen LogP contribution in [0.25, 0.3) is 0 Å². The van der Waals surface area contributed by atoms with E-state index in [4.69, 9.17) is 0 Å². The molecule has 28 heavy (non-hydrogen) atoms. The summed E-state index contributed by atoms with van der Waals surface area (Å²) in [5.74, 6) is -0.647. The second kappa shape index (κ2) is 9.20. The molecule has 0 unspecified atom stereocenters. The lowest BCUT2D eigenvalue weighted by Gasteiger charge is -2.22. The van der Waals surface area contributed by atoms with Gasteiger partial charge in [-0.3, -0.25) is 14.3 Å². The highest BCUT2D eigenvalue weighted by Crippen LogP contribution is 2.21. The van der Waals surface area contributed by atoms with Gasteiger partial charge in [0.05, 0.1) is 6.54 Å². The Morgan fingerprint density at radius 2 is 1.86 bits per heavy atom. The first-order chi connectivity index (χ1) is 13.4. The van der Waals surface area contributed by atoms with Crippen LogP contribution in [0.3, 0.4) is 0 Å². The zero-order valence-electron chi connectivity index (χ0n) is 15.3. The molecule has 9 heteroatoms. The molecule has 1 heterocycles. The van der Waals surface area contributed by atoms with Crippen LogP contribution in [-0.2, 0) is 14.8 Å². The molecule has 1 aromatic heterocycles. The standard InChI is InChI=1S/C19H23N3O4S2/c23-17(21-15-7-2-1-3-8-15)13-20-19(24)14-6-4-9-16(12-14)22-28(25,26)18-10-5-11-27-18/h4-6,9-12,15,22H,1-3,7-8,13H2,(H,20,24)(H,21,23). The van der Waals surface area contributed by atoms with Crippen LogP contribution in [0, 0.1) is 0 Å². The number of hydrogen-bond acceptors (Lipinski definition) is 5. The number of rotatable bonds is 7. The molecular formula is C19H23N3O4S2. The van der Waals surface area contributed by atoms with Gasteiger partial charge < -0.3 is 10.6 Å². The van der Waals surface area contributed by atoms with Crippen LogP contribution in [0.15, 0.2) is 46.0 Å². The van der Waals surface area contributed by atoms with Gasteiger partial charge in [-0.2, -0.15) is 0 Å². The van der Waals surface area contributed by atoms with Gasteiger partial charge >= 0.3 is 0 Å². The lowest BCUT2D eigenvalue weighted by molar-refractivity contribution is -0.121. The van der Waals surface area contributed by atoms with Crippen molar-refractivity contribution in [3.05, 3.63) is 47.3 Å². The second-order valence-corrected chi connectivity index (χ2v) is 9.56. The molecule has 1 aliphatic rings. The Balaban J connectivity index is 1.55. The van der Waals surface area contributed by atoms with E-state index in [1.165, 1.54) is 18.6 Å². The maximum atomic E-state index is 12.3. The summed E-state index contributed by atoms with van der Waals surface area (Å²) in [6.07, 6.45) is 5.39. The first-order valence-electron chi connectivity index (χ1n) is 9.18. The molecule has 0 bridgehead atoms. The summed E-state index contributed by atoms with van der Waals surface area (Å²) in [7, 11) is -3.68. The Hall–Kier alpha value is -2.39. The van der Waals surface area contributed by atoms with E-state index >= 15 is 0 Å². The number of anilines is 1. The number of carbonyl (C=O) groups excluding carboxylic acids is 2. The minimum absolute atomic E-state index is 0.111. The molecule has 3 rings (SSSR count).